The molecule has 0 spiro atoms. The van der Waals surface area contributed by atoms with Crippen LogP contribution in [0.5, 0.6) is 0 Å². The van der Waals surface area contributed by atoms with Gasteiger partial charge in [0.15, 0.2) is 0 Å². The third kappa shape index (κ3) is 1.39. The van der Waals surface area contributed by atoms with Crippen molar-refractivity contribution in [1.29, 1.82) is 5.26 Å². The van der Waals surface area contributed by atoms with E-state index in [0.29, 0.717) is 13.0 Å². The fraction of sp³-hybridized carbons (Fsp3) is 0.818. The molecule has 1 saturated heterocycles. The summed E-state index contributed by atoms with van der Waals surface area (Å²) in [6, 6.07) is 2.20. The van der Waals surface area contributed by atoms with Crippen molar-refractivity contribution in [2.24, 2.45) is 5.92 Å². The van der Waals surface area contributed by atoms with Crippen LogP contribution in [0.2, 0.25) is 0 Å². The van der Waals surface area contributed by atoms with Gasteiger partial charge in [0, 0.05) is 18.5 Å². The van der Waals surface area contributed by atoms with Gasteiger partial charge < -0.3 is 4.90 Å². The molecule has 0 aromatic rings. The van der Waals surface area contributed by atoms with Crippen LogP contribution in [0.4, 0.5) is 0 Å². The number of carbonyl (C=O) groups excluding carboxylic acids is 1. The Bertz CT molecular complexity index is 286. The van der Waals surface area contributed by atoms with Gasteiger partial charge in [0.05, 0.1) is 12.0 Å². The van der Waals surface area contributed by atoms with Gasteiger partial charge in [-0.3, -0.25) is 4.79 Å². The Hall–Kier alpha value is -1.04. The smallest absolute Gasteiger partial charge is 0.224 e. The van der Waals surface area contributed by atoms with E-state index in [1.807, 2.05) is 4.90 Å². The third-order valence-electron chi connectivity index (χ3n) is 3.64. The molecule has 1 aliphatic heterocycles. The normalized spacial score (nSPS) is 30.7. The van der Waals surface area contributed by atoms with E-state index in [9.17, 15) is 4.79 Å². The van der Waals surface area contributed by atoms with E-state index in [1.165, 1.54) is 12.8 Å². The minimum Gasteiger partial charge on any atom is -0.336 e. The highest BCUT2D eigenvalue weighted by atomic mass is 16.2. The van der Waals surface area contributed by atoms with Crippen LogP contribution in [0.25, 0.3) is 0 Å². The molecule has 1 atom stereocenters. The Labute approximate surface area is 84.7 Å². The molecule has 1 heterocycles. The lowest BCUT2D eigenvalue weighted by molar-refractivity contribution is -0.132. The highest BCUT2D eigenvalue weighted by Crippen LogP contribution is 2.38. The summed E-state index contributed by atoms with van der Waals surface area (Å²) in [6.07, 6.45) is 5.09. The molecule has 1 unspecified atom stereocenters. The second-order valence-corrected chi connectivity index (χ2v) is 4.74. The first-order valence-corrected chi connectivity index (χ1v) is 5.36. The average molecular weight is 192 g/mol. The fourth-order valence-electron chi connectivity index (χ4n) is 2.72. The first kappa shape index (κ1) is 9.51. The summed E-state index contributed by atoms with van der Waals surface area (Å²) >= 11 is 0. The Morgan fingerprint density at radius 3 is 2.64 bits per heavy atom. The van der Waals surface area contributed by atoms with E-state index in [2.05, 4.69) is 13.0 Å². The molecule has 2 rings (SSSR count). The van der Waals surface area contributed by atoms with E-state index in [0.717, 1.165) is 12.8 Å². The first-order valence-electron chi connectivity index (χ1n) is 5.36. The lowest BCUT2D eigenvalue weighted by atomic mass is 9.98. The predicted molar refractivity (Wildman–Crippen MR) is 52.3 cm³/mol. The van der Waals surface area contributed by atoms with Crippen molar-refractivity contribution in [2.45, 2.75) is 44.6 Å². The summed E-state index contributed by atoms with van der Waals surface area (Å²) in [5, 5.41) is 8.80. The minimum absolute atomic E-state index is 0.0582. The van der Waals surface area contributed by atoms with E-state index in [1.54, 1.807) is 0 Å². The molecule has 1 saturated carbocycles. The Morgan fingerprint density at radius 2 is 2.14 bits per heavy atom. The largest absolute Gasteiger partial charge is 0.336 e. The molecule has 0 aromatic heterocycles. The van der Waals surface area contributed by atoms with Crippen molar-refractivity contribution in [1.82, 2.24) is 4.90 Å². The first-order chi connectivity index (χ1) is 6.65. The average Bonchev–Trinajstić information content (AvgIpc) is 2.73. The van der Waals surface area contributed by atoms with Crippen molar-refractivity contribution in [2.75, 3.05) is 6.54 Å². The van der Waals surface area contributed by atoms with Gasteiger partial charge in [0.2, 0.25) is 5.91 Å². The molecule has 0 bridgehead atoms. The monoisotopic (exact) mass is 192 g/mol. The van der Waals surface area contributed by atoms with Crippen molar-refractivity contribution < 1.29 is 4.79 Å². The van der Waals surface area contributed by atoms with Gasteiger partial charge in [-0.15, -0.1) is 0 Å². The maximum Gasteiger partial charge on any atom is 0.224 e. The Kier molecular flexibility index (Phi) is 2.22. The third-order valence-corrected chi connectivity index (χ3v) is 3.64. The van der Waals surface area contributed by atoms with Crippen molar-refractivity contribution >= 4 is 5.91 Å². The molecule has 2 fully saturated rings. The molecule has 0 aromatic carbocycles. The highest BCUT2D eigenvalue weighted by Gasteiger charge is 2.42. The zero-order valence-electron chi connectivity index (χ0n) is 8.62. The quantitative estimate of drug-likeness (QED) is 0.634. The van der Waals surface area contributed by atoms with Crippen LogP contribution in [0.15, 0.2) is 0 Å². The van der Waals surface area contributed by atoms with E-state index in [-0.39, 0.29) is 17.4 Å². The molecule has 2 aliphatic rings. The number of hydrogen-bond acceptors (Lipinski definition) is 2. The Balaban J connectivity index is 2.12. The maximum atomic E-state index is 11.7. The van der Waals surface area contributed by atoms with E-state index in [4.69, 9.17) is 5.26 Å². The Morgan fingerprint density at radius 1 is 1.50 bits per heavy atom. The lowest BCUT2D eigenvalue weighted by Gasteiger charge is -2.35. The van der Waals surface area contributed by atoms with Gasteiger partial charge >= 0.3 is 0 Å². The molecule has 0 N–H and O–H groups in total. The highest BCUT2D eigenvalue weighted by molar-refractivity contribution is 5.80. The fourth-order valence-corrected chi connectivity index (χ4v) is 2.72. The molecule has 1 amide bonds. The number of hydrogen-bond donors (Lipinski definition) is 0. The van der Waals surface area contributed by atoms with Crippen LogP contribution in [0, 0.1) is 17.2 Å². The minimum atomic E-state index is -0.0695. The molecule has 76 valence electrons. The summed E-state index contributed by atoms with van der Waals surface area (Å²) in [4.78, 5) is 13.7. The van der Waals surface area contributed by atoms with Crippen LogP contribution in [-0.2, 0) is 4.79 Å². The summed E-state index contributed by atoms with van der Waals surface area (Å²) in [7, 11) is 0. The van der Waals surface area contributed by atoms with Crippen LogP contribution in [-0.4, -0.2) is 22.9 Å². The van der Waals surface area contributed by atoms with Crippen LogP contribution < -0.4 is 0 Å². The van der Waals surface area contributed by atoms with Crippen LogP contribution in [0.3, 0.4) is 0 Å². The van der Waals surface area contributed by atoms with Gasteiger partial charge in [-0.25, -0.2) is 0 Å². The van der Waals surface area contributed by atoms with Crippen molar-refractivity contribution in [3.05, 3.63) is 0 Å². The molecule has 14 heavy (non-hydrogen) atoms. The predicted octanol–water partition coefficient (Wildman–Crippen LogP) is 1.69. The van der Waals surface area contributed by atoms with E-state index >= 15 is 0 Å². The molecule has 3 heteroatoms. The molecule has 3 nitrogen and oxygen atoms in total. The number of amides is 1. The zero-order chi connectivity index (χ0) is 10.2. The zero-order valence-corrected chi connectivity index (χ0v) is 8.62. The van der Waals surface area contributed by atoms with Gasteiger partial charge in [0.1, 0.15) is 0 Å². The summed E-state index contributed by atoms with van der Waals surface area (Å²) in [5.41, 5.74) is 0.0582. The maximum absolute atomic E-state index is 11.7. The number of rotatable bonds is 1. The van der Waals surface area contributed by atoms with Gasteiger partial charge in [-0.1, -0.05) is 12.8 Å². The number of nitriles is 1. The number of likely N-dealkylation sites (tertiary alicyclic amines) is 1. The van der Waals surface area contributed by atoms with Crippen LogP contribution >= 0.6 is 0 Å². The summed E-state index contributed by atoms with van der Waals surface area (Å²) in [6.45, 7) is 2.82. The molecule has 0 radical (unpaired) electrons. The standard InChI is InChI=1S/C11H16N2O/c1-11(4-2-3-5-11)13-8-9(7-12)6-10(13)14/h9H,2-6,8H2,1H3. The van der Waals surface area contributed by atoms with Gasteiger partial charge in [-0.2, -0.15) is 5.26 Å². The van der Waals surface area contributed by atoms with Gasteiger partial charge in [0.25, 0.3) is 0 Å². The topological polar surface area (TPSA) is 44.1 Å². The second-order valence-electron chi connectivity index (χ2n) is 4.74. The number of carbonyl (C=O) groups is 1. The van der Waals surface area contributed by atoms with Crippen molar-refractivity contribution in [3.8, 4) is 6.07 Å². The van der Waals surface area contributed by atoms with Crippen LogP contribution in [0.1, 0.15) is 39.0 Å². The molecular formula is C11H16N2O. The van der Waals surface area contributed by atoms with Crippen molar-refractivity contribution in [3.63, 3.8) is 0 Å². The second kappa shape index (κ2) is 3.27. The van der Waals surface area contributed by atoms with Gasteiger partial charge in [-0.05, 0) is 19.8 Å². The number of nitrogens with zero attached hydrogens (tertiary/aromatic N) is 2. The summed E-state index contributed by atoms with van der Waals surface area (Å²) < 4.78 is 0. The molecular weight excluding hydrogens is 176 g/mol. The molecule has 1 aliphatic carbocycles. The SMILES string of the molecule is CC1(N2CC(C#N)CC2=O)CCCC1. The summed E-state index contributed by atoms with van der Waals surface area (Å²) in [5.74, 6) is 0.112. The van der Waals surface area contributed by atoms with E-state index < -0.39 is 0 Å². The lowest BCUT2D eigenvalue weighted by Crippen LogP contribution is -2.45.